The number of hydrogen-bond donors (Lipinski definition) is 3. The number of hydrogen-bond acceptors (Lipinski definition) is 6. The second-order valence-electron chi connectivity index (χ2n) is 6.03. The van der Waals surface area contributed by atoms with Crippen molar-refractivity contribution >= 4 is 11.6 Å². The predicted octanol–water partition coefficient (Wildman–Crippen LogP) is 0.200. The Kier molecular flexibility index (Phi) is 3.76. The van der Waals surface area contributed by atoms with E-state index in [1.165, 1.54) is 0 Å². The first-order valence-corrected chi connectivity index (χ1v) is 7.37. The van der Waals surface area contributed by atoms with Crippen molar-refractivity contribution < 1.29 is 9.53 Å². The molecule has 3 rings (SSSR count). The minimum atomic E-state index is -0.351. The fraction of sp³-hybridized carbons (Fsp3) is 0.467. The van der Waals surface area contributed by atoms with Gasteiger partial charge < -0.3 is 15.4 Å². The number of carbonyl (C=O) groups is 1. The maximum absolute atomic E-state index is 12.6. The monoisotopic (exact) mass is 303 g/mol. The summed E-state index contributed by atoms with van der Waals surface area (Å²) in [4.78, 5) is 14.8. The zero-order chi connectivity index (χ0) is 15.7. The molecule has 7 nitrogen and oxygen atoms in total. The SMILES string of the molecule is CN1CCC2(CC1)CC(=O)c1cc(/C(N)=N/NN)ccc1O2. The van der Waals surface area contributed by atoms with Crippen molar-refractivity contribution in [3.63, 3.8) is 0 Å². The van der Waals surface area contributed by atoms with Gasteiger partial charge in [0.15, 0.2) is 11.6 Å². The van der Waals surface area contributed by atoms with Crippen LogP contribution in [0.25, 0.3) is 0 Å². The van der Waals surface area contributed by atoms with Crippen molar-refractivity contribution in [1.82, 2.24) is 10.4 Å². The average molecular weight is 303 g/mol. The van der Waals surface area contributed by atoms with E-state index in [-0.39, 0.29) is 17.2 Å². The van der Waals surface area contributed by atoms with Gasteiger partial charge in [0.2, 0.25) is 0 Å². The quantitative estimate of drug-likeness (QED) is 0.312. The molecule has 1 fully saturated rings. The number of benzene rings is 1. The van der Waals surface area contributed by atoms with E-state index in [1.54, 1.807) is 18.2 Å². The van der Waals surface area contributed by atoms with E-state index < -0.39 is 0 Å². The number of rotatable bonds is 2. The summed E-state index contributed by atoms with van der Waals surface area (Å²) >= 11 is 0. The summed E-state index contributed by atoms with van der Waals surface area (Å²) in [6.45, 7) is 1.89. The lowest BCUT2D eigenvalue weighted by molar-refractivity contribution is -0.00367. The number of hydrazone groups is 1. The Balaban J connectivity index is 1.89. The number of carbonyl (C=O) groups excluding carboxylic acids is 1. The highest BCUT2D eigenvalue weighted by molar-refractivity contribution is 6.04. The first-order valence-electron chi connectivity index (χ1n) is 7.37. The van der Waals surface area contributed by atoms with Gasteiger partial charge in [0.1, 0.15) is 11.4 Å². The van der Waals surface area contributed by atoms with Crippen LogP contribution in [-0.2, 0) is 0 Å². The Morgan fingerprint density at radius 3 is 2.82 bits per heavy atom. The molecule has 0 bridgehead atoms. The van der Waals surface area contributed by atoms with Gasteiger partial charge in [-0.15, -0.1) is 5.10 Å². The van der Waals surface area contributed by atoms with Crippen molar-refractivity contribution in [3.05, 3.63) is 29.3 Å². The smallest absolute Gasteiger partial charge is 0.170 e. The molecule has 0 radical (unpaired) electrons. The van der Waals surface area contributed by atoms with Crippen LogP contribution in [0.1, 0.15) is 35.2 Å². The van der Waals surface area contributed by atoms with Gasteiger partial charge >= 0.3 is 0 Å². The molecule has 1 saturated heterocycles. The molecule has 1 aromatic carbocycles. The largest absolute Gasteiger partial charge is 0.486 e. The molecule has 2 aliphatic heterocycles. The summed E-state index contributed by atoms with van der Waals surface area (Å²) in [7, 11) is 2.09. The summed E-state index contributed by atoms with van der Waals surface area (Å²) in [5.74, 6) is 6.09. The number of ketones is 1. The van der Waals surface area contributed by atoms with E-state index >= 15 is 0 Å². The summed E-state index contributed by atoms with van der Waals surface area (Å²) in [6.07, 6.45) is 2.16. The topological polar surface area (TPSA) is 106 Å². The molecule has 0 atom stereocenters. The minimum Gasteiger partial charge on any atom is -0.486 e. The summed E-state index contributed by atoms with van der Waals surface area (Å²) in [5.41, 5.74) is 8.80. The number of piperidine rings is 1. The van der Waals surface area contributed by atoms with Gasteiger partial charge in [-0.3, -0.25) is 4.79 Å². The van der Waals surface area contributed by atoms with E-state index in [0.717, 1.165) is 25.9 Å². The van der Waals surface area contributed by atoms with Crippen molar-refractivity contribution in [2.45, 2.75) is 24.9 Å². The highest BCUT2D eigenvalue weighted by Gasteiger charge is 2.42. The molecule has 1 aromatic rings. The van der Waals surface area contributed by atoms with Crippen LogP contribution in [-0.4, -0.2) is 42.3 Å². The molecule has 118 valence electrons. The number of hydrazine groups is 1. The third-order valence-corrected chi connectivity index (χ3v) is 4.47. The minimum absolute atomic E-state index is 0.0983. The fourth-order valence-corrected chi connectivity index (χ4v) is 3.09. The standard InChI is InChI=1S/C15H21N5O2/c1-20-6-4-15(5-7-20)9-12(21)11-8-10(14(16)18-19-17)2-3-13(11)22-15/h2-3,8,19H,4-7,9,17H2,1H3,(H2,16,18). The second-order valence-corrected chi connectivity index (χ2v) is 6.03. The molecule has 0 aliphatic carbocycles. The van der Waals surface area contributed by atoms with Gasteiger partial charge in [0, 0.05) is 31.5 Å². The maximum Gasteiger partial charge on any atom is 0.170 e. The van der Waals surface area contributed by atoms with Crippen LogP contribution in [0.3, 0.4) is 0 Å². The van der Waals surface area contributed by atoms with Crippen LogP contribution in [0.2, 0.25) is 0 Å². The Labute approximate surface area is 129 Å². The normalized spacial score (nSPS) is 21.4. The van der Waals surface area contributed by atoms with E-state index in [2.05, 4.69) is 22.6 Å². The number of ether oxygens (including phenoxy) is 1. The van der Waals surface area contributed by atoms with Gasteiger partial charge in [-0.1, -0.05) is 0 Å². The lowest BCUT2D eigenvalue weighted by atomic mass is 9.82. The summed E-state index contributed by atoms with van der Waals surface area (Å²) < 4.78 is 6.21. The summed E-state index contributed by atoms with van der Waals surface area (Å²) in [5, 5.41) is 3.73. The van der Waals surface area contributed by atoms with Crippen molar-refractivity contribution in [2.75, 3.05) is 20.1 Å². The van der Waals surface area contributed by atoms with Gasteiger partial charge in [0.05, 0.1) is 12.0 Å². The van der Waals surface area contributed by atoms with Gasteiger partial charge in [0.25, 0.3) is 0 Å². The highest BCUT2D eigenvalue weighted by atomic mass is 16.5. The van der Waals surface area contributed by atoms with Crippen molar-refractivity contribution in [3.8, 4) is 5.75 Å². The molecule has 0 aromatic heterocycles. The van der Waals surface area contributed by atoms with Crippen molar-refractivity contribution in [2.24, 2.45) is 16.7 Å². The molecule has 2 heterocycles. The van der Waals surface area contributed by atoms with Crippen LogP contribution >= 0.6 is 0 Å². The fourth-order valence-electron chi connectivity index (χ4n) is 3.09. The molecule has 7 heteroatoms. The van der Waals surface area contributed by atoms with E-state index in [0.29, 0.717) is 23.3 Å². The molecule has 1 spiro atoms. The zero-order valence-electron chi connectivity index (χ0n) is 12.6. The van der Waals surface area contributed by atoms with Gasteiger partial charge in [-0.05, 0) is 25.2 Å². The van der Waals surface area contributed by atoms with Gasteiger partial charge in [-0.25, -0.2) is 11.4 Å². The van der Waals surface area contributed by atoms with Crippen LogP contribution in [0.4, 0.5) is 0 Å². The molecular formula is C15H21N5O2. The molecule has 2 aliphatic rings. The number of nitrogens with zero attached hydrogens (tertiary/aromatic N) is 2. The molecule has 0 saturated carbocycles. The first-order chi connectivity index (χ1) is 10.5. The number of nitrogens with two attached hydrogens (primary N) is 2. The van der Waals surface area contributed by atoms with Gasteiger partial charge in [-0.2, -0.15) is 0 Å². The molecule has 22 heavy (non-hydrogen) atoms. The molecule has 0 amide bonds. The first kappa shape index (κ1) is 14.8. The van der Waals surface area contributed by atoms with Crippen LogP contribution < -0.4 is 21.8 Å². The number of Topliss-reactive ketones (excluding diaryl/α,β-unsaturated/α-hetero) is 1. The zero-order valence-corrected chi connectivity index (χ0v) is 12.6. The summed E-state index contributed by atoms with van der Waals surface area (Å²) in [6, 6.07) is 5.30. The predicted molar refractivity (Wildman–Crippen MR) is 83.5 cm³/mol. The highest BCUT2D eigenvalue weighted by Crippen LogP contribution is 2.39. The number of likely N-dealkylation sites (tertiary alicyclic amines) is 1. The lowest BCUT2D eigenvalue weighted by Crippen LogP contribution is -2.50. The van der Waals surface area contributed by atoms with Crippen LogP contribution in [0.5, 0.6) is 5.75 Å². The lowest BCUT2D eigenvalue weighted by Gasteiger charge is -2.43. The molecular weight excluding hydrogens is 282 g/mol. The third kappa shape index (κ3) is 2.65. The average Bonchev–Trinajstić information content (AvgIpc) is 2.50. The maximum atomic E-state index is 12.6. The molecule has 0 unspecified atom stereocenters. The Morgan fingerprint density at radius 1 is 1.41 bits per heavy atom. The second kappa shape index (κ2) is 5.58. The number of amidine groups is 1. The Bertz CT molecular complexity index is 620. The molecule has 5 N–H and O–H groups in total. The Hall–Kier alpha value is -2.12. The van der Waals surface area contributed by atoms with Crippen molar-refractivity contribution in [1.29, 1.82) is 0 Å². The Morgan fingerprint density at radius 2 is 2.14 bits per heavy atom. The van der Waals surface area contributed by atoms with E-state index in [1.807, 2.05) is 0 Å². The van der Waals surface area contributed by atoms with E-state index in [4.69, 9.17) is 16.3 Å². The number of fused-ring (bicyclic) bond motifs is 1. The van der Waals surface area contributed by atoms with Crippen LogP contribution in [0.15, 0.2) is 23.3 Å². The van der Waals surface area contributed by atoms with Crippen LogP contribution in [0, 0.1) is 0 Å². The number of nitrogens with one attached hydrogen (secondary N) is 1. The third-order valence-electron chi connectivity index (χ3n) is 4.47. The van der Waals surface area contributed by atoms with E-state index in [9.17, 15) is 4.79 Å².